The van der Waals surface area contributed by atoms with E-state index in [4.69, 9.17) is 97.6 Å². The van der Waals surface area contributed by atoms with Gasteiger partial charge in [-0.05, 0) is 103 Å². The molecule has 119 heavy (non-hydrogen) atoms. The molecule has 0 saturated carbocycles. The minimum absolute atomic E-state index is 0.150. The van der Waals surface area contributed by atoms with Crippen molar-refractivity contribution in [2.75, 3.05) is 77.1 Å². The third kappa shape index (κ3) is 16.7. The zero-order chi connectivity index (χ0) is 84.8. The van der Waals surface area contributed by atoms with Crippen LogP contribution in [0, 0.1) is 11.6 Å². The quantitative estimate of drug-likeness (QED) is 0.0661. The average molecular weight is 1670 g/mol. The number of nitrogens with zero attached hydrogens (tertiary/aromatic N) is 24. The number of methoxy groups -OCH3 is 6. The van der Waals surface area contributed by atoms with E-state index in [0.29, 0.717) is 162 Å². The smallest absolute Gasteiger partial charge is 0.165 e. The number of benzene rings is 6. The van der Waals surface area contributed by atoms with Crippen LogP contribution < -0.4 is 62.8 Å². The lowest BCUT2D eigenvalue weighted by atomic mass is 10.1. The van der Waals surface area contributed by atoms with E-state index in [1.807, 2.05) is 62.6 Å². The highest BCUT2D eigenvalue weighted by atomic mass is 35.5. The Morgan fingerprint density at radius 2 is 0.613 bits per heavy atom. The number of halogens is 5. The molecule has 18 rings (SSSR count). The van der Waals surface area contributed by atoms with Crippen LogP contribution in [0.1, 0.15) is 0 Å². The van der Waals surface area contributed by atoms with E-state index in [1.54, 1.807) is 133 Å². The van der Waals surface area contributed by atoms with Crippen LogP contribution in [-0.2, 0) is 42.3 Å². The Morgan fingerprint density at radius 1 is 0.277 bits per heavy atom. The predicted molar refractivity (Wildman–Crippen MR) is 451 cm³/mol. The molecule has 12 heterocycles. The summed E-state index contributed by atoms with van der Waals surface area (Å²) in [6.45, 7) is 0. The summed E-state index contributed by atoms with van der Waals surface area (Å²) in [6, 6.07) is 32.6. The molecule has 0 radical (unpaired) electrons. The number of aromatic nitrogens is 24. The molecule has 12 N–H and O–H groups in total. The average Bonchev–Trinajstić information content (AvgIpc) is 1.68. The van der Waals surface area contributed by atoms with Gasteiger partial charge < -0.3 is 62.8 Å². The summed E-state index contributed by atoms with van der Waals surface area (Å²) in [4.78, 5) is 49.2. The first-order chi connectivity index (χ1) is 57.3. The topological polar surface area (TPSA) is 473 Å². The fraction of sp³-hybridized carbons (Fsp3) is 0.154. The van der Waals surface area contributed by atoms with E-state index in [0.717, 1.165) is 50.1 Å². The van der Waals surface area contributed by atoms with Gasteiger partial charge in [0.25, 0.3) is 0 Å². The third-order valence-corrected chi connectivity index (χ3v) is 19.2. The van der Waals surface area contributed by atoms with Crippen LogP contribution in [0.25, 0.3) is 134 Å². The second kappa shape index (κ2) is 35.0. The van der Waals surface area contributed by atoms with Crippen LogP contribution in [0.5, 0.6) is 34.5 Å². The third-order valence-electron chi connectivity index (χ3n) is 18.3. The van der Waals surface area contributed by atoms with Gasteiger partial charge in [0.15, 0.2) is 45.4 Å². The highest BCUT2D eigenvalue weighted by Gasteiger charge is 2.24. The molecule has 6 aromatic carbocycles. The molecule has 0 aliphatic rings. The molecule has 0 bridgehead atoms. The SMILES string of the molecule is COc1cc(-c2nn(C)c3ncnc(N)c23)ccc1Cl.COc1cc(-c2nn(C)c3ncnc(N)c23)ccc1F.COc1cc(Cl)cc(-c2nn(C)c3ncnc(N)c23)c1.COc1cc(F)ccc1-c1nn(C)c2ncnc(N)c12.COc1ccc(-c2nn(C)c3ncnc(N)c23)cc1.COc1ccc(Cl)c(-c2nn(C)c3ncnc(N)c23)c1. The highest BCUT2D eigenvalue weighted by Crippen LogP contribution is 2.41. The van der Waals surface area contributed by atoms with Crippen LogP contribution in [0.3, 0.4) is 0 Å². The van der Waals surface area contributed by atoms with E-state index in [9.17, 15) is 8.78 Å². The lowest BCUT2D eigenvalue weighted by molar-refractivity contribution is 0.387. The Morgan fingerprint density at radius 3 is 1.02 bits per heavy atom. The maximum absolute atomic E-state index is 13.5. The van der Waals surface area contributed by atoms with Gasteiger partial charge in [-0.1, -0.05) is 40.9 Å². The summed E-state index contributed by atoms with van der Waals surface area (Å²) >= 11 is 18.4. The molecule has 36 nitrogen and oxygen atoms in total. The zero-order valence-electron chi connectivity index (χ0n) is 65.5. The van der Waals surface area contributed by atoms with Crippen molar-refractivity contribution in [3.8, 4) is 102 Å². The van der Waals surface area contributed by atoms with Gasteiger partial charge in [0.2, 0.25) is 0 Å². The van der Waals surface area contributed by atoms with Gasteiger partial charge in [-0.3, -0.25) is 0 Å². The number of aryl methyl sites for hydroxylation is 6. The Hall–Kier alpha value is -15.1. The normalized spacial score (nSPS) is 10.9. The van der Waals surface area contributed by atoms with Crippen molar-refractivity contribution in [2.24, 2.45) is 42.3 Å². The summed E-state index contributed by atoms with van der Waals surface area (Å²) in [5.41, 5.74) is 48.2. The Kier molecular flexibility index (Phi) is 24.1. The van der Waals surface area contributed by atoms with Gasteiger partial charge in [-0.2, -0.15) is 30.6 Å². The molecular formula is C78H73Cl3F2N30O6. The van der Waals surface area contributed by atoms with E-state index in [2.05, 4.69) is 90.4 Å². The second-order valence-electron chi connectivity index (χ2n) is 25.6. The molecule has 41 heteroatoms. The molecule has 0 atom stereocenters. The molecule has 606 valence electrons. The van der Waals surface area contributed by atoms with Crippen molar-refractivity contribution in [3.05, 3.63) is 180 Å². The maximum Gasteiger partial charge on any atom is 0.165 e. The summed E-state index contributed by atoms with van der Waals surface area (Å²) in [7, 11) is 20.0. The van der Waals surface area contributed by atoms with Crippen LogP contribution >= 0.6 is 34.8 Å². The number of nitrogen functional groups attached to an aromatic ring is 6. The number of hydrogen-bond donors (Lipinski definition) is 6. The van der Waals surface area contributed by atoms with Gasteiger partial charge in [0.1, 0.15) is 142 Å². The van der Waals surface area contributed by atoms with E-state index < -0.39 is 5.82 Å². The monoisotopic (exact) mass is 1670 g/mol. The Labute approximate surface area is 689 Å². The Bertz CT molecular complexity index is 6680. The molecule has 0 saturated heterocycles. The predicted octanol–water partition coefficient (Wildman–Crippen LogP) is 12.0. The van der Waals surface area contributed by atoms with Crippen LogP contribution in [0.4, 0.5) is 43.7 Å². The maximum atomic E-state index is 13.5. The van der Waals surface area contributed by atoms with E-state index in [1.165, 1.54) is 70.4 Å². The molecule has 0 spiro atoms. The van der Waals surface area contributed by atoms with Crippen LogP contribution in [0.2, 0.25) is 15.1 Å². The molecule has 0 unspecified atom stereocenters. The molecule has 0 fully saturated rings. The van der Waals surface area contributed by atoms with Crippen molar-refractivity contribution in [3.63, 3.8) is 0 Å². The first-order valence-electron chi connectivity index (χ1n) is 35.2. The Balaban J connectivity index is 0.000000124. The number of nitrogens with two attached hydrogens (primary N) is 6. The van der Waals surface area contributed by atoms with Crippen molar-refractivity contribution in [2.45, 2.75) is 0 Å². The number of rotatable bonds is 12. The number of ether oxygens (including phenoxy) is 6. The van der Waals surface area contributed by atoms with Gasteiger partial charge in [0.05, 0.1) is 85.0 Å². The number of fused-ring (bicyclic) bond motifs is 6. The van der Waals surface area contributed by atoms with Gasteiger partial charge in [-0.15, -0.1) is 0 Å². The fourth-order valence-electron chi connectivity index (χ4n) is 12.7. The summed E-state index contributed by atoms with van der Waals surface area (Å²) in [5, 5.41) is 32.4. The second-order valence-corrected chi connectivity index (χ2v) is 26.8. The van der Waals surface area contributed by atoms with Crippen molar-refractivity contribution >= 4 is 136 Å². The van der Waals surface area contributed by atoms with Crippen molar-refractivity contribution in [1.82, 2.24) is 118 Å². The molecular weight excluding hydrogens is 1600 g/mol. The standard InChI is InChI=1S/3C13H12ClN5O.2C13H12FN5O.C13H13N5O/c1-19-13-10(12(15)16-6-17-13)11(18-19)7-3-8(14)5-9(4-7)20-2;1-19-13-10(12(15)16-6-17-13)11(18-19)8-5-7(20-2)3-4-9(8)14;1-19-13-10(12(15)16-6-17-13)11(18-19)7-3-4-8(14)9(5-7)20-2;1-19-13-10(12(15)16-6-17-13)11(18-19)8-4-3-7(14)5-9(8)20-2;1-19-13-10(12(15)16-6-17-13)11(18-19)7-3-4-8(14)9(5-7)20-2;1-18-13-10(12(14)15-7-16-13)11(17-18)8-3-5-9(19-2)6-4-8/h5*3-6H,1-2H3,(H2,15,16,17);3-7H,1-2H3,(H2,14,15,16). The van der Waals surface area contributed by atoms with Gasteiger partial charge >= 0.3 is 0 Å². The number of anilines is 6. The van der Waals surface area contributed by atoms with E-state index in [-0.39, 0.29) is 11.6 Å². The largest absolute Gasteiger partial charge is 0.497 e. The summed E-state index contributed by atoms with van der Waals surface area (Å²) in [6.07, 6.45) is 8.46. The minimum Gasteiger partial charge on any atom is -0.497 e. The zero-order valence-corrected chi connectivity index (χ0v) is 67.7. The summed E-state index contributed by atoms with van der Waals surface area (Å²) < 4.78 is 67.7. The molecule has 18 aromatic rings. The molecule has 0 amide bonds. The van der Waals surface area contributed by atoms with Crippen molar-refractivity contribution < 1.29 is 37.2 Å². The molecule has 0 aliphatic carbocycles. The van der Waals surface area contributed by atoms with Crippen molar-refractivity contribution in [1.29, 1.82) is 0 Å². The van der Waals surface area contributed by atoms with E-state index >= 15 is 0 Å². The number of hydrogen-bond acceptors (Lipinski definition) is 30. The van der Waals surface area contributed by atoms with Gasteiger partial charge in [0, 0.05) is 86.8 Å². The van der Waals surface area contributed by atoms with Crippen LogP contribution in [0.15, 0.2) is 153 Å². The highest BCUT2D eigenvalue weighted by molar-refractivity contribution is 6.34. The fourth-order valence-corrected chi connectivity index (χ4v) is 13.3. The minimum atomic E-state index is -0.430. The van der Waals surface area contributed by atoms with Crippen LogP contribution in [-0.4, -0.2) is 161 Å². The first kappa shape index (κ1) is 81.9. The lowest BCUT2D eigenvalue weighted by Gasteiger charge is -2.06. The lowest BCUT2D eigenvalue weighted by Crippen LogP contribution is -1.95. The van der Waals surface area contributed by atoms with Gasteiger partial charge in [-0.25, -0.2) is 96.7 Å². The summed E-state index contributed by atoms with van der Waals surface area (Å²) in [5.74, 6) is 4.70. The molecule has 12 aromatic heterocycles. The molecule has 0 aliphatic heterocycles. The first-order valence-corrected chi connectivity index (χ1v) is 36.3.